The van der Waals surface area contributed by atoms with E-state index in [4.69, 9.17) is 11.6 Å². The van der Waals surface area contributed by atoms with Crippen LogP contribution in [0.25, 0.3) is 0 Å². The molecule has 1 heterocycles. The molecule has 2 rings (SSSR count). The molecule has 0 aromatic heterocycles. The number of nitrogens with zero attached hydrogens (tertiary/aromatic N) is 1. The zero-order chi connectivity index (χ0) is 13.8. The molecule has 1 saturated heterocycles. The highest BCUT2D eigenvalue weighted by molar-refractivity contribution is 8.00. The van der Waals surface area contributed by atoms with Crippen molar-refractivity contribution < 1.29 is 4.79 Å². The Hall–Kier alpha value is -0.670. The van der Waals surface area contributed by atoms with Gasteiger partial charge in [-0.15, -0.1) is 11.8 Å². The second kappa shape index (κ2) is 6.67. The Kier molecular flexibility index (Phi) is 5.17. The highest BCUT2D eigenvalue weighted by Crippen LogP contribution is 2.27. The van der Waals surface area contributed by atoms with Crippen LogP contribution in [-0.2, 0) is 4.79 Å². The van der Waals surface area contributed by atoms with Gasteiger partial charge < -0.3 is 4.90 Å². The molecule has 0 aliphatic carbocycles. The summed E-state index contributed by atoms with van der Waals surface area (Å²) in [6.07, 6.45) is 2.37. The van der Waals surface area contributed by atoms with E-state index < -0.39 is 0 Å². The van der Waals surface area contributed by atoms with E-state index in [0.717, 1.165) is 29.4 Å². The lowest BCUT2D eigenvalue weighted by Gasteiger charge is -2.32. The third-order valence-electron chi connectivity index (χ3n) is 3.44. The Morgan fingerprint density at radius 3 is 2.74 bits per heavy atom. The molecule has 0 bridgehead atoms. The summed E-state index contributed by atoms with van der Waals surface area (Å²) in [7, 11) is 0. The summed E-state index contributed by atoms with van der Waals surface area (Å²) >= 11 is 7.47. The lowest BCUT2D eigenvalue weighted by Crippen LogP contribution is -2.42. The monoisotopic (exact) mass is 297 g/mol. The van der Waals surface area contributed by atoms with Gasteiger partial charge in [0.25, 0.3) is 0 Å². The maximum atomic E-state index is 12.4. The molecule has 1 fully saturated rings. The lowest BCUT2D eigenvalue weighted by atomic mass is 10.0. The van der Waals surface area contributed by atoms with Gasteiger partial charge in [-0.2, -0.15) is 0 Å². The van der Waals surface area contributed by atoms with Crippen LogP contribution in [0.4, 0.5) is 0 Å². The number of hydrogen-bond acceptors (Lipinski definition) is 2. The van der Waals surface area contributed by atoms with Crippen molar-refractivity contribution in [1.29, 1.82) is 0 Å². The van der Waals surface area contributed by atoms with Gasteiger partial charge >= 0.3 is 0 Å². The standard InChI is InChI=1S/C15H20ClNOS/c1-11-4-3-9-17(10-11)15(18)12(2)19-14-7-5-13(16)6-8-14/h5-8,11-12H,3-4,9-10H2,1-2H3. The minimum Gasteiger partial charge on any atom is -0.341 e. The van der Waals surface area contributed by atoms with Gasteiger partial charge in [-0.1, -0.05) is 18.5 Å². The lowest BCUT2D eigenvalue weighted by molar-refractivity contribution is -0.131. The van der Waals surface area contributed by atoms with Crippen LogP contribution in [0.3, 0.4) is 0 Å². The van der Waals surface area contributed by atoms with Crippen molar-refractivity contribution >= 4 is 29.3 Å². The Balaban J connectivity index is 1.93. The van der Waals surface area contributed by atoms with Crippen molar-refractivity contribution in [2.45, 2.75) is 36.8 Å². The number of amides is 1. The first-order chi connectivity index (χ1) is 9.06. The third-order valence-corrected chi connectivity index (χ3v) is 4.79. The van der Waals surface area contributed by atoms with Crippen LogP contribution < -0.4 is 0 Å². The highest BCUT2D eigenvalue weighted by atomic mass is 35.5. The number of carbonyl (C=O) groups is 1. The minimum atomic E-state index is -0.0357. The van der Waals surface area contributed by atoms with Crippen molar-refractivity contribution in [3.8, 4) is 0 Å². The van der Waals surface area contributed by atoms with Crippen LogP contribution in [0, 0.1) is 5.92 Å². The number of benzene rings is 1. The molecule has 4 heteroatoms. The van der Waals surface area contributed by atoms with Gasteiger partial charge in [-0.05, 0) is 49.9 Å². The van der Waals surface area contributed by atoms with E-state index in [9.17, 15) is 4.79 Å². The van der Waals surface area contributed by atoms with Gasteiger partial charge in [0.15, 0.2) is 0 Å². The Bertz CT molecular complexity index is 434. The third kappa shape index (κ3) is 4.15. The SMILES string of the molecule is CC1CCCN(C(=O)C(C)Sc2ccc(Cl)cc2)C1. The molecule has 19 heavy (non-hydrogen) atoms. The second-order valence-electron chi connectivity index (χ2n) is 5.25. The molecule has 1 aliphatic heterocycles. The maximum Gasteiger partial charge on any atom is 0.235 e. The molecular formula is C15H20ClNOS. The maximum absolute atomic E-state index is 12.4. The Morgan fingerprint density at radius 2 is 2.11 bits per heavy atom. The average molecular weight is 298 g/mol. The topological polar surface area (TPSA) is 20.3 Å². The fourth-order valence-electron chi connectivity index (χ4n) is 2.41. The van der Waals surface area contributed by atoms with Crippen molar-refractivity contribution in [2.75, 3.05) is 13.1 Å². The van der Waals surface area contributed by atoms with E-state index in [1.165, 1.54) is 6.42 Å². The zero-order valence-electron chi connectivity index (χ0n) is 11.4. The first kappa shape index (κ1) is 14.7. The summed E-state index contributed by atoms with van der Waals surface area (Å²) in [5.41, 5.74) is 0. The number of thioether (sulfide) groups is 1. The number of halogens is 1. The molecule has 0 N–H and O–H groups in total. The predicted molar refractivity (Wildman–Crippen MR) is 81.7 cm³/mol. The van der Waals surface area contributed by atoms with Crippen molar-refractivity contribution in [2.24, 2.45) is 5.92 Å². The van der Waals surface area contributed by atoms with Crippen LogP contribution in [0.2, 0.25) is 5.02 Å². The number of likely N-dealkylation sites (tertiary alicyclic amines) is 1. The summed E-state index contributed by atoms with van der Waals surface area (Å²) in [6, 6.07) is 7.67. The average Bonchev–Trinajstić information content (AvgIpc) is 2.40. The van der Waals surface area contributed by atoms with Gasteiger partial charge in [0.05, 0.1) is 5.25 Å². The summed E-state index contributed by atoms with van der Waals surface area (Å²) in [5.74, 6) is 0.886. The summed E-state index contributed by atoms with van der Waals surface area (Å²) < 4.78 is 0. The first-order valence-electron chi connectivity index (χ1n) is 6.77. The van der Waals surface area contributed by atoms with Gasteiger partial charge in [-0.25, -0.2) is 0 Å². The van der Waals surface area contributed by atoms with Crippen molar-refractivity contribution in [3.05, 3.63) is 29.3 Å². The summed E-state index contributed by atoms with van der Waals surface area (Å²) in [5, 5.41) is 0.694. The fourth-order valence-corrected chi connectivity index (χ4v) is 3.49. The molecule has 0 radical (unpaired) electrons. The van der Waals surface area contributed by atoms with E-state index in [1.54, 1.807) is 11.8 Å². The number of rotatable bonds is 3. The molecule has 1 aliphatic rings. The van der Waals surface area contributed by atoms with Crippen LogP contribution in [0.1, 0.15) is 26.7 Å². The molecule has 0 spiro atoms. The van der Waals surface area contributed by atoms with E-state index >= 15 is 0 Å². The highest BCUT2D eigenvalue weighted by Gasteiger charge is 2.25. The first-order valence-corrected chi connectivity index (χ1v) is 8.03. The molecular weight excluding hydrogens is 278 g/mol. The molecule has 2 nitrogen and oxygen atoms in total. The van der Waals surface area contributed by atoms with Gasteiger partial charge in [0.1, 0.15) is 0 Å². The summed E-state index contributed by atoms with van der Waals surface area (Å²) in [6.45, 7) is 6.02. The molecule has 2 unspecified atom stereocenters. The minimum absolute atomic E-state index is 0.0357. The Morgan fingerprint density at radius 1 is 1.42 bits per heavy atom. The molecule has 0 saturated carbocycles. The molecule has 2 atom stereocenters. The van der Waals surface area contributed by atoms with E-state index in [2.05, 4.69) is 6.92 Å². The predicted octanol–water partition coefficient (Wildman–Crippen LogP) is 4.08. The fraction of sp³-hybridized carbons (Fsp3) is 0.533. The number of piperidine rings is 1. The molecule has 104 valence electrons. The van der Waals surface area contributed by atoms with Crippen LogP contribution >= 0.6 is 23.4 Å². The molecule has 1 aromatic carbocycles. The number of hydrogen-bond donors (Lipinski definition) is 0. The van der Waals surface area contributed by atoms with E-state index in [1.807, 2.05) is 36.1 Å². The molecule has 1 amide bonds. The normalized spacial score (nSPS) is 21.2. The largest absolute Gasteiger partial charge is 0.341 e. The molecule has 1 aromatic rings. The van der Waals surface area contributed by atoms with Crippen LogP contribution in [-0.4, -0.2) is 29.1 Å². The zero-order valence-corrected chi connectivity index (χ0v) is 13.0. The van der Waals surface area contributed by atoms with Gasteiger partial charge in [0, 0.05) is 23.0 Å². The van der Waals surface area contributed by atoms with Gasteiger partial charge in [0.2, 0.25) is 5.91 Å². The van der Waals surface area contributed by atoms with Crippen LogP contribution in [0.15, 0.2) is 29.2 Å². The van der Waals surface area contributed by atoms with E-state index in [-0.39, 0.29) is 11.2 Å². The quantitative estimate of drug-likeness (QED) is 0.784. The smallest absolute Gasteiger partial charge is 0.235 e. The van der Waals surface area contributed by atoms with Crippen molar-refractivity contribution in [1.82, 2.24) is 4.90 Å². The number of carbonyl (C=O) groups excluding carboxylic acids is 1. The Labute approximate surface area is 124 Å². The van der Waals surface area contributed by atoms with Gasteiger partial charge in [-0.3, -0.25) is 4.79 Å². The second-order valence-corrected chi connectivity index (χ2v) is 7.10. The van der Waals surface area contributed by atoms with Crippen molar-refractivity contribution in [3.63, 3.8) is 0 Å². The van der Waals surface area contributed by atoms with Crippen LogP contribution in [0.5, 0.6) is 0 Å². The van der Waals surface area contributed by atoms with E-state index in [0.29, 0.717) is 5.92 Å². The summed E-state index contributed by atoms with van der Waals surface area (Å²) in [4.78, 5) is 15.5.